The van der Waals surface area contributed by atoms with Gasteiger partial charge in [-0.25, -0.2) is 4.99 Å². The standard InChI is InChI=1S/C16H25N3O2/c1-3-17-16(19-9-8-14(11-19)12-21-2)18-10-13-4-6-15(20)7-5-13/h4-7,14,20H,3,8-12H2,1-2H3,(H,17,18). The highest BCUT2D eigenvalue weighted by Crippen LogP contribution is 2.17. The minimum atomic E-state index is 0.289. The van der Waals surface area contributed by atoms with E-state index < -0.39 is 0 Å². The number of hydrogen-bond donors (Lipinski definition) is 2. The number of aliphatic imine (C=N–C) groups is 1. The van der Waals surface area contributed by atoms with Crippen LogP contribution >= 0.6 is 0 Å². The Bertz CT molecular complexity index is 459. The third-order valence-electron chi connectivity index (χ3n) is 3.67. The molecule has 0 aromatic heterocycles. The number of guanidine groups is 1. The molecule has 1 atom stereocenters. The number of methoxy groups -OCH3 is 1. The number of benzene rings is 1. The van der Waals surface area contributed by atoms with Crippen LogP contribution in [0.5, 0.6) is 5.75 Å². The molecule has 1 aromatic rings. The number of hydrogen-bond acceptors (Lipinski definition) is 3. The molecule has 0 saturated carbocycles. The van der Waals surface area contributed by atoms with Gasteiger partial charge in [-0.15, -0.1) is 0 Å². The Balaban J connectivity index is 1.97. The molecule has 0 aliphatic carbocycles. The molecule has 0 spiro atoms. The topological polar surface area (TPSA) is 57.1 Å². The maximum absolute atomic E-state index is 9.30. The van der Waals surface area contributed by atoms with Crippen molar-refractivity contribution in [3.63, 3.8) is 0 Å². The van der Waals surface area contributed by atoms with Gasteiger partial charge in [0, 0.05) is 32.7 Å². The van der Waals surface area contributed by atoms with Crippen molar-refractivity contribution in [2.24, 2.45) is 10.9 Å². The second kappa shape index (κ2) is 7.88. The smallest absolute Gasteiger partial charge is 0.194 e. The average Bonchev–Trinajstić information content (AvgIpc) is 2.94. The van der Waals surface area contributed by atoms with Gasteiger partial charge in [-0.3, -0.25) is 0 Å². The van der Waals surface area contributed by atoms with E-state index in [1.54, 1.807) is 19.2 Å². The van der Waals surface area contributed by atoms with E-state index in [9.17, 15) is 5.11 Å². The molecule has 5 heteroatoms. The summed E-state index contributed by atoms with van der Waals surface area (Å²) in [5.41, 5.74) is 1.09. The summed E-state index contributed by atoms with van der Waals surface area (Å²) in [7, 11) is 1.76. The third kappa shape index (κ3) is 4.63. The summed E-state index contributed by atoms with van der Waals surface area (Å²) in [6.45, 7) is 6.39. The molecule has 1 unspecified atom stereocenters. The van der Waals surface area contributed by atoms with E-state index in [0.29, 0.717) is 12.5 Å². The minimum absolute atomic E-state index is 0.289. The Labute approximate surface area is 126 Å². The fraction of sp³-hybridized carbons (Fsp3) is 0.562. The zero-order chi connectivity index (χ0) is 15.1. The zero-order valence-electron chi connectivity index (χ0n) is 12.9. The Hall–Kier alpha value is -1.75. The summed E-state index contributed by atoms with van der Waals surface area (Å²) in [6, 6.07) is 7.20. The van der Waals surface area contributed by atoms with Gasteiger partial charge >= 0.3 is 0 Å². The fourth-order valence-electron chi connectivity index (χ4n) is 2.59. The largest absolute Gasteiger partial charge is 0.508 e. The van der Waals surface area contributed by atoms with Gasteiger partial charge in [0.1, 0.15) is 5.75 Å². The van der Waals surface area contributed by atoms with Crippen LogP contribution in [0.15, 0.2) is 29.3 Å². The first kappa shape index (κ1) is 15.6. The second-order valence-corrected chi connectivity index (χ2v) is 5.39. The number of rotatable bonds is 5. The van der Waals surface area contributed by atoms with Crippen molar-refractivity contribution in [3.05, 3.63) is 29.8 Å². The number of phenolic OH excluding ortho intramolecular Hbond substituents is 1. The van der Waals surface area contributed by atoms with Crippen LogP contribution < -0.4 is 5.32 Å². The molecule has 0 radical (unpaired) electrons. The lowest BCUT2D eigenvalue weighted by Gasteiger charge is -2.21. The van der Waals surface area contributed by atoms with E-state index in [-0.39, 0.29) is 5.75 Å². The molecule has 5 nitrogen and oxygen atoms in total. The van der Waals surface area contributed by atoms with Gasteiger partial charge in [0.2, 0.25) is 0 Å². The van der Waals surface area contributed by atoms with Crippen molar-refractivity contribution in [1.82, 2.24) is 10.2 Å². The minimum Gasteiger partial charge on any atom is -0.508 e. The molecule has 1 aliphatic rings. The van der Waals surface area contributed by atoms with Crippen molar-refractivity contribution >= 4 is 5.96 Å². The van der Waals surface area contributed by atoms with E-state index in [4.69, 9.17) is 9.73 Å². The molecule has 0 amide bonds. The van der Waals surface area contributed by atoms with E-state index in [1.165, 1.54) is 0 Å². The van der Waals surface area contributed by atoms with Crippen LogP contribution in [-0.4, -0.2) is 49.3 Å². The highest BCUT2D eigenvalue weighted by atomic mass is 16.5. The monoisotopic (exact) mass is 291 g/mol. The number of ether oxygens (including phenoxy) is 1. The Kier molecular flexibility index (Phi) is 5.87. The van der Waals surface area contributed by atoms with Crippen LogP contribution in [0, 0.1) is 5.92 Å². The molecule has 1 fully saturated rings. The summed E-state index contributed by atoms with van der Waals surface area (Å²) in [4.78, 5) is 7.00. The quantitative estimate of drug-likeness (QED) is 0.642. The molecule has 0 bridgehead atoms. The second-order valence-electron chi connectivity index (χ2n) is 5.39. The molecule has 1 saturated heterocycles. The van der Waals surface area contributed by atoms with Gasteiger partial charge in [-0.1, -0.05) is 12.1 Å². The average molecular weight is 291 g/mol. The summed E-state index contributed by atoms with van der Waals surface area (Å²) >= 11 is 0. The van der Waals surface area contributed by atoms with Gasteiger partial charge in [0.25, 0.3) is 0 Å². The predicted molar refractivity (Wildman–Crippen MR) is 84.5 cm³/mol. The molecular weight excluding hydrogens is 266 g/mol. The number of aromatic hydroxyl groups is 1. The van der Waals surface area contributed by atoms with Crippen LogP contribution in [-0.2, 0) is 11.3 Å². The van der Waals surface area contributed by atoms with Crippen molar-refractivity contribution in [2.45, 2.75) is 19.9 Å². The normalized spacial score (nSPS) is 19.0. The Morgan fingerprint density at radius 2 is 2.19 bits per heavy atom. The van der Waals surface area contributed by atoms with Gasteiger partial charge in [0.15, 0.2) is 5.96 Å². The highest BCUT2D eigenvalue weighted by Gasteiger charge is 2.24. The molecule has 1 aromatic carbocycles. The molecule has 1 heterocycles. The summed E-state index contributed by atoms with van der Waals surface area (Å²) in [5, 5.41) is 12.7. The molecule has 2 N–H and O–H groups in total. The van der Waals surface area contributed by atoms with E-state index in [0.717, 1.165) is 44.2 Å². The molecule has 1 aliphatic heterocycles. The maximum atomic E-state index is 9.30. The van der Waals surface area contributed by atoms with Crippen molar-refractivity contribution in [3.8, 4) is 5.75 Å². The van der Waals surface area contributed by atoms with Gasteiger partial charge < -0.3 is 20.1 Å². The highest BCUT2D eigenvalue weighted by molar-refractivity contribution is 5.80. The van der Waals surface area contributed by atoms with Crippen molar-refractivity contribution in [2.75, 3.05) is 33.4 Å². The molecule has 116 valence electrons. The molecular formula is C16H25N3O2. The number of phenols is 1. The predicted octanol–water partition coefficient (Wildman–Crippen LogP) is 1.83. The zero-order valence-corrected chi connectivity index (χ0v) is 12.9. The van der Waals surface area contributed by atoms with Crippen molar-refractivity contribution < 1.29 is 9.84 Å². The lowest BCUT2D eigenvalue weighted by molar-refractivity contribution is 0.157. The first-order chi connectivity index (χ1) is 10.2. The summed E-state index contributed by atoms with van der Waals surface area (Å²) < 4.78 is 5.24. The van der Waals surface area contributed by atoms with Crippen LogP contribution in [0.4, 0.5) is 0 Å². The van der Waals surface area contributed by atoms with Crippen molar-refractivity contribution in [1.29, 1.82) is 0 Å². The fourth-order valence-corrected chi connectivity index (χ4v) is 2.59. The molecule has 21 heavy (non-hydrogen) atoms. The lowest BCUT2D eigenvalue weighted by Crippen LogP contribution is -2.40. The van der Waals surface area contributed by atoms with Gasteiger partial charge in [0.05, 0.1) is 13.2 Å². The Morgan fingerprint density at radius 1 is 1.43 bits per heavy atom. The first-order valence-electron chi connectivity index (χ1n) is 7.53. The van der Waals surface area contributed by atoms with Gasteiger partial charge in [-0.05, 0) is 31.0 Å². The van der Waals surface area contributed by atoms with E-state index in [1.807, 2.05) is 12.1 Å². The maximum Gasteiger partial charge on any atom is 0.194 e. The number of nitrogens with one attached hydrogen (secondary N) is 1. The summed E-state index contributed by atoms with van der Waals surface area (Å²) in [6.07, 6.45) is 1.15. The van der Waals surface area contributed by atoms with Crippen LogP contribution in [0.25, 0.3) is 0 Å². The van der Waals surface area contributed by atoms with Gasteiger partial charge in [-0.2, -0.15) is 0 Å². The van der Waals surface area contributed by atoms with Crippen LogP contribution in [0.3, 0.4) is 0 Å². The SMILES string of the molecule is CCNC(=NCc1ccc(O)cc1)N1CCC(COC)C1. The number of nitrogens with zero attached hydrogens (tertiary/aromatic N) is 2. The third-order valence-corrected chi connectivity index (χ3v) is 3.67. The van der Waals surface area contributed by atoms with E-state index >= 15 is 0 Å². The first-order valence-corrected chi connectivity index (χ1v) is 7.53. The molecule has 2 rings (SSSR count). The van der Waals surface area contributed by atoms with Crippen LogP contribution in [0.2, 0.25) is 0 Å². The number of likely N-dealkylation sites (tertiary alicyclic amines) is 1. The van der Waals surface area contributed by atoms with Crippen LogP contribution in [0.1, 0.15) is 18.9 Å². The lowest BCUT2D eigenvalue weighted by atomic mass is 10.1. The Morgan fingerprint density at radius 3 is 2.86 bits per heavy atom. The summed E-state index contributed by atoms with van der Waals surface area (Å²) in [5.74, 6) is 1.84. The van der Waals surface area contributed by atoms with E-state index in [2.05, 4.69) is 17.1 Å².